The van der Waals surface area contributed by atoms with Crippen molar-refractivity contribution in [1.29, 1.82) is 0 Å². The van der Waals surface area contributed by atoms with Crippen LogP contribution < -0.4 is 14.8 Å². The molecular weight excluding hydrogens is 246 g/mol. The molecule has 0 bridgehead atoms. The Kier molecular flexibility index (Phi) is 4.63. The van der Waals surface area contributed by atoms with E-state index in [0.29, 0.717) is 24.5 Å². The first kappa shape index (κ1) is 13.7. The highest BCUT2D eigenvalue weighted by atomic mass is 16.5. The molecule has 19 heavy (non-hydrogen) atoms. The molecule has 1 aromatic rings. The molecule has 1 saturated heterocycles. The maximum absolute atomic E-state index is 11.8. The van der Waals surface area contributed by atoms with Gasteiger partial charge in [-0.2, -0.15) is 0 Å². The van der Waals surface area contributed by atoms with Gasteiger partial charge in [-0.15, -0.1) is 0 Å². The molecule has 1 fully saturated rings. The zero-order valence-corrected chi connectivity index (χ0v) is 11.0. The van der Waals surface area contributed by atoms with Gasteiger partial charge in [-0.25, -0.2) is 0 Å². The lowest BCUT2D eigenvalue weighted by atomic mass is 10.1. The van der Waals surface area contributed by atoms with Gasteiger partial charge in [-0.1, -0.05) is 6.07 Å². The van der Waals surface area contributed by atoms with Crippen LogP contribution in [0, 0.1) is 0 Å². The standard InChI is InChI=1S/C14H19NO4/c1-18-13-8-10(9-16)5-6-11(13)19-12-4-2-3-7-15-14(12)17/h5-6,8,12,16H,2-4,7,9H2,1H3,(H,15,17). The first-order valence-corrected chi connectivity index (χ1v) is 6.46. The fraction of sp³-hybridized carbons (Fsp3) is 0.500. The predicted molar refractivity (Wildman–Crippen MR) is 70.2 cm³/mol. The predicted octanol–water partition coefficient (Wildman–Crippen LogP) is 1.23. The fourth-order valence-corrected chi connectivity index (χ4v) is 2.08. The largest absolute Gasteiger partial charge is 0.493 e. The van der Waals surface area contributed by atoms with Gasteiger partial charge in [0.05, 0.1) is 13.7 Å². The number of hydrogen-bond acceptors (Lipinski definition) is 4. The van der Waals surface area contributed by atoms with E-state index in [1.165, 1.54) is 7.11 Å². The molecule has 0 saturated carbocycles. The Morgan fingerprint density at radius 2 is 2.21 bits per heavy atom. The van der Waals surface area contributed by atoms with Crippen LogP contribution in [0.1, 0.15) is 24.8 Å². The number of nitrogens with one attached hydrogen (secondary N) is 1. The first-order valence-electron chi connectivity index (χ1n) is 6.46. The molecule has 1 aliphatic rings. The van der Waals surface area contributed by atoms with Gasteiger partial charge < -0.3 is 19.9 Å². The molecule has 0 aromatic heterocycles. The normalized spacial score (nSPS) is 19.5. The molecule has 0 radical (unpaired) electrons. The monoisotopic (exact) mass is 265 g/mol. The fourth-order valence-electron chi connectivity index (χ4n) is 2.08. The van der Waals surface area contributed by atoms with Gasteiger partial charge >= 0.3 is 0 Å². The van der Waals surface area contributed by atoms with Crippen LogP contribution in [-0.2, 0) is 11.4 Å². The number of methoxy groups -OCH3 is 1. The van der Waals surface area contributed by atoms with Crippen molar-refractivity contribution in [3.05, 3.63) is 23.8 Å². The van der Waals surface area contributed by atoms with Crippen molar-refractivity contribution >= 4 is 5.91 Å². The van der Waals surface area contributed by atoms with Crippen molar-refractivity contribution < 1.29 is 19.4 Å². The third-order valence-corrected chi connectivity index (χ3v) is 3.16. The molecule has 104 valence electrons. The average Bonchev–Trinajstić information content (AvgIpc) is 2.64. The van der Waals surface area contributed by atoms with E-state index in [1.807, 2.05) is 0 Å². The second-order valence-electron chi connectivity index (χ2n) is 4.54. The van der Waals surface area contributed by atoms with Gasteiger partial charge in [0.25, 0.3) is 5.91 Å². The Balaban J connectivity index is 2.15. The number of aliphatic hydroxyl groups is 1. The van der Waals surface area contributed by atoms with Crippen LogP contribution in [-0.4, -0.2) is 30.8 Å². The third-order valence-electron chi connectivity index (χ3n) is 3.16. The lowest BCUT2D eigenvalue weighted by Gasteiger charge is -2.18. The second-order valence-corrected chi connectivity index (χ2v) is 4.54. The molecule has 1 aromatic carbocycles. The summed E-state index contributed by atoms with van der Waals surface area (Å²) in [5, 5.41) is 11.9. The summed E-state index contributed by atoms with van der Waals surface area (Å²) >= 11 is 0. The van der Waals surface area contributed by atoms with E-state index >= 15 is 0 Å². The summed E-state index contributed by atoms with van der Waals surface area (Å²) < 4.78 is 11.0. The van der Waals surface area contributed by atoms with Gasteiger partial charge in [-0.05, 0) is 37.0 Å². The van der Waals surface area contributed by atoms with E-state index in [1.54, 1.807) is 18.2 Å². The Labute approximate surface area is 112 Å². The second kappa shape index (κ2) is 6.43. The van der Waals surface area contributed by atoms with Crippen LogP contribution in [0.15, 0.2) is 18.2 Å². The third kappa shape index (κ3) is 3.38. The molecule has 2 rings (SSSR count). The van der Waals surface area contributed by atoms with E-state index < -0.39 is 6.10 Å². The Hall–Kier alpha value is -1.75. The van der Waals surface area contributed by atoms with Crippen LogP contribution in [0.5, 0.6) is 11.5 Å². The number of carbonyl (C=O) groups is 1. The summed E-state index contributed by atoms with van der Waals surface area (Å²) in [7, 11) is 1.54. The molecule has 5 heteroatoms. The number of amides is 1. The number of rotatable bonds is 4. The number of aliphatic hydroxyl groups excluding tert-OH is 1. The Morgan fingerprint density at radius 3 is 2.95 bits per heavy atom. The minimum Gasteiger partial charge on any atom is -0.493 e. The molecule has 1 aliphatic heterocycles. The van der Waals surface area contributed by atoms with Crippen LogP contribution in [0.4, 0.5) is 0 Å². The number of benzene rings is 1. The zero-order chi connectivity index (χ0) is 13.7. The summed E-state index contributed by atoms with van der Waals surface area (Å²) in [4.78, 5) is 11.8. The molecular formula is C14H19NO4. The van der Waals surface area contributed by atoms with E-state index in [9.17, 15) is 4.79 Å². The number of carbonyl (C=O) groups excluding carboxylic acids is 1. The van der Waals surface area contributed by atoms with Crippen LogP contribution >= 0.6 is 0 Å². The van der Waals surface area contributed by atoms with E-state index in [4.69, 9.17) is 14.6 Å². The van der Waals surface area contributed by atoms with Crippen LogP contribution in [0.3, 0.4) is 0 Å². The van der Waals surface area contributed by atoms with E-state index in [-0.39, 0.29) is 12.5 Å². The quantitative estimate of drug-likeness (QED) is 0.859. The molecule has 1 heterocycles. The van der Waals surface area contributed by atoms with Crippen molar-refractivity contribution in [1.82, 2.24) is 5.32 Å². The molecule has 0 aliphatic carbocycles. The summed E-state index contributed by atoms with van der Waals surface area (Å²) in [5.41, 5.74) is 0.745. The number of hydrogen-bond donors (Lipinski definition) is 2. The van der Waals surface area contributed by atoms with Gasteiger partial charge in [0, 0.05) is 6.54 Å². The van der Waals surface area contributed by atoms with Crippen molar-refractivity contribution in [2.45, 2.75) is 32.0 Å². The maximum atomic E-state index is 11.8. The number of ether oxygens (including phenoxy) is 2. The molecule has 2 N–H and O–H groups in total. The highest BCUT2D eigenvalue weighted by molar-refractivity contribution is 5.81. The Morgan fingerprint density at radius 1 is 1.37 bits per heavy atom. The van der Waals surface area contributed by atoms with Crippen molar-refractivity contribution in [2.75, 3.05) is 13.7 Å². The Bertz CT molecular complexity index is 447. The average molecular weight is 265 g/mol. The summed E-state index contributed by atoms with van der Waals surface area (Å²) in [6.45, 7) is 0.653. The minimum atomic E-state index is -0.476. The highest BCUT2D eigenvalue weighted by Crippen LogP contribution is 2.30. The van der Waals surface area contributed by atoms with Crippen molar-refractivity contribution in [3.63, 3.8) is 0 Å². The summed E-state index contributed by atoms with van der Waals surface area (Å²) in [5.74, 6) is 0.983. The van der Waals surface area contributed by atoms with Gasteiger partial charge in [0.1, 0.15) is 0 Å². The molecule has 1 amide bonds. The van der Waals surface area contributed by atoms with Gasteiger partial charge in [0.15, 0.2) is 17.6 Å². The zero-order valence-electron chi connectivity index (χ0n) is 11.0. The maximum Gasteiger partial charge on any atom is 0.261 e. The summed E-state index contributed by atoms with van der Waals surface area (Å²) in [6, 6.07) is 5.19. The lowest BCUT2D eigenvalue weighted by molar-refractivity contribution is -0.127. The van der Waals surface area contributed by atoms with E-state index in [2.05, 4.69) is 5.32 Å². The minimum absolute atomic E-state index is 0.0550. The van der Waals surface area contributed by atoms with Gasteiger partial charge in [-0.3, -0.25) is 4.79 Å². The molecule has 1 unspecified atom stereocenters. The molecule has 5 nitrogen and oxygen atoms in total. The van der Waals surface area contributed by atoms with Gasteiger partial charge in [0.2, 0.25) is 0 Å². The first-order chi connectivity index (χ1) is 9.24. The SMILES string of the molecule is COc1cc(CO)ccc1OC1CCCCNC1=O. The van der Waals surface area contributed by atoms with Crippen LogP contribution in [0.2, 0.25) is 0 Å². The van der Waals surface area contributed by atoms with Crippen molar-refractivity contribution in [2.24, 2.45) is 0 Å². The van der Waals surface area contributed by atoms with Crippen molar-refractivity contribution in [3.8, 4) is 11.5 Å². The molecule has 1 atom stereocenters. The van der Waals surface area contributed by atoms with Crippen LogP contribution in [0.25, 0.3) is 0 Å². The highest BCUT2D eigenvalue weighted by Gasteiger charge is 2.23. The van der Waals surface area contributed by atoms with E-state index in [0.717, 1.165) is 18.4 Å². The molecule has 0 spiro atoms. The topological polar surface area (TPSA) is 67.8 Å². The lowest BCUT2D eigenvalue weighted by Crippen LogP contribution is -2.36. The smallest absolute Gasteiger partial charge is 0.261 e. The summed E-state index contributed by atoms with van der Waals surface area (Å²) in [6.07, 6.45) is 2.17.